The van der Waals surface area contributed by atoms with Crippen molar-refractivity contribution in [2.75, 3.05) is 32.8 Å². The Morgan fingerprint density at radius 2 is 2.17 bits per heavy atom. The smallest absolute Gasteiger partial charge is 0.307 e. The maximum Gasteiger partial charge on any atom is 0.307 e. The summed E-state index contributed by atoms with van der Waals surface area (Å²) < 4.78 is 5.14. The van der Waals surface area contributed by atoms with Gasteiger partial charge in [0, 0.05) is 19.6 Å². The fourth-order valence-electron chi connectivity index (χ4n) is 2.29. The summed E-state index contributed by atoms with van der Waals surface area (Å²) in [4.78, 5) is 37.6. The minimum absolute atomic E-state index is 0.0270. The Kier molecular flexibility index (Phi) is 8.61. The fraction of sp³-hybridized carbons (Fsp3) is 0.812. The second-order valence-corrected chi connectivity index (χ2v) is 6.26. The zero-order valence-corrected chi connectivity index (χ0v) is 14.4. The Balaban J connectivity index is 2.52. The monoisotopic (exact) mass is 327 g/mol. The molecule has 1 aliphatic rings. The molecular weight excluding hydrogens is 298 g/mol. The Morgan fingerprint density at radius 3 is 2.83 bits per heavy atom. The Labute approximate surface area is 138 Å². The molecule has 2 amide bonds. The van der Waals surface area contributed by atoms with Gasteiger partial charge in [0.15, 0.2) is 0 Å². The van der Waals surface area contributed by atoms with Gasteiger partial charge in [-0.05, 0) is 12.3 Å². The Morgan fingerprint density at radius 1 is 1.43 bits per heavy atom. The lowest BCUT2D eigenvalue weighted by atomic mass is 10.1. The molecule has 0 radical (unpaired) electrons. The Hall–Kier alpha value is -1.63. The van der Waals surface area contributed by atoms with E-state index in [1.165, 1.54) is 0 Å². The zero-order chi connectivity index (χ0) is 17.2. The van der Waals surface area contributed by atoms with Crippen LogP contribution in [0.5, 0.6) is 0 Å². The number of hydrogen-bond acceptors (Lipinski definition) is 5. The zero-order valence-electron chi connectivity index (χ0n) is 14.4. The highest BCUT2D eigenvalue weighted by molar-refractivity contribution is 5.88. The number of piperazine rings is 1. The topological polar surface area (TPSA) is 87.7 Å². The summed E-state index contributed by atoms with van der Waals surface area (Å²) in [5.74, 6) is -0.496. The molecule has 1 aliphatic heterocycles. The summed E-state index contributed by atoms with van der Waals surface area (Å²) in [5, 5.41) is 5.57. The highest BCUT2D eigenvalue weighted by Crippen LogP contribution is 2.10. The molecule has 0 saturated carbocycles. The number of hydrogen-bond donors (Lipinski definition) is 2. The molecule has 23 heavy (non-hydrogen) atoms. The predicted octanol–water partition coefficient (Wildman–Crippen LogP) is 0.292. The van der Waals surface area contributed by atoms with Gasteiger partial charge in [0.1, 0.15) is 6.04 Å². The molecule has 2 N–H and O–H groups in total. The van der Waals surface area contributed by atoms with Crippen molar-refractivity contribution in [3.05, 3.63) is 0 Å². The molecule has 0 spiro atoms. The van der Waals surface area contributed by atoms with Crippen LogP contribution in [0.15, 0.2) is 0 Å². The minimum atomic E-state index is -0.639. The Bertz CT molecular complexity index is 412. The summed E-state index contributed by atoms with van der Waals surface area (Å²) in [6.07, 6.45) is 1.91. The van der Waals surface area contributed by atoms with Gasteiger partial charge in [-0.15, -0.1) is 0 Å². The van der Waals surface area contributed by atoms with Crippen molar-refractivity contribution in [3.8, 4) is 0 Å². The molecule has 0 aromatic heterocycles. The molecule has 0 aromatic rings. The number of nitrogens with one attached hydrogen (secondary N) is 2. The standard InChI is InChI=1S/C16H29N3O4/c1-4-5-6-17-14(20)10-19-8-7-18-16(22)13(19)9-15(21)23-11-12(2)3/h12-13H,4-11H2,1-3H3,(H,17,20)(H,18,22). The van der Waals surface area contributed by atoms with Crippen molar-refractivity contribution >= 4 is 17.8 Å². The molecule has 0 aliphatic carbocycles. The fourth-order valence-corrected chi connectivity index (χ4v) is 2.29. The number of rotatable bonds is 9. The second kappa shape index (κ2) is 10.2. The van der Waals surface area contributed by atoms with Crippen LogP contribution in [0.25, 0.3) is 0 Å². The number of ether oxygens (including phenoxy) is 1. The van der Waals surface area contributed by atoms with Gasteiger partial charge in [0.05, 0.1) is 19.6 Å². The van der Waals surface area contributed by atoms with Crippen LogP contribution < -0.4 is 10.6 Å². The van der Waals surface area contributed by atoms with Crippen molar-refractivity contribution < 1.29 is 19.1 Å². The molecule has 1 rings (SSSR count). The molecule has 1 saturated heterocycles. The molecule has 1 atom stereocenters. The first-order valence-electron chi connectivity index (χ1n) is 8.38. The van der Waals surface area contributed by atoms with E-state index in [1.54, 1.807) is 4.90 Å². The average molecular weight is 327 g/mol. The average Bonchev–Trinajstić information content (AvgIpc) is 2.49. The van der Waals surface area contributed by atoms with Gasteiger partial charge in [-0.1, -0.05) is 27.2 Å². The maximum absolute atomic E-state index is 12.0. The summed E-state index contributed by atoms with van der Waals surface area (Å²) in [6.45, 7) is 8.09. The summed E-state index contributed by atoms with van der Waals surface area (Å²) in [7, 11) is 0. The molecule has 7 nitrogen and oxygen atoms in total. The summed E-state index contributed by atoms with van der Waals surface area (Å²) in [6, 6.07) is -0.639. The number of esters is 1. The van der Waals surface area contributed by atoms with E-state index >= 15 is 0 Å². The number of carbonyl (C=O) groups excluding carboxylic acids is 3. The van der Waals surface area contributed by atoms with Crippen LogP contribution >= 0.6 is 0 Å². The van der Waals surface area contributed by atoms with Gasteiger partial charge < -0.3 is 15.4 Å². The molecule has 1 heterocycles. The summed E-state index contributed by atoms with van der Waals surface area (Å²) in [5.41, 5.74) is 0. The van der Waals surface area contributed by atoms with Crippen LogP contribution in [0.1, 0.15) is 40.0 Å². The number of carbonyl (C=O) groups is 3. The van der Waals surface area contributed by atoms with E-state index in [0.717, 1.165) is 12.8 Å². The van der Waals surface area contributed by atoms with E-state index in [-0.39, 0.29) is 30.7 Å². The lowest BCUT2D eigenvalue weighted by Gasteiger charge is -2.33. The van der Waals surface area contributed by atoms with Crippen LogP contribution in [0.2, 0.25) is 0 Å². The maximum atomic E-state index is 12.0. The molecule has 0 aromatic carbocycles. The lowest BCUT2D eigenvalue weighted by Crippen LogP contribution is -2.58. The van der Waals surface area contributed by atoms with Crippen LogP contribution in [0.3, 0.4) is 0 Å². The first-order valence-corrected chi connectivity index (χ1v) is 8.38. The number of nitrogens with zero attached hydrogens (tertiary/aromatic N) is 1. The van der Waals surface area contributed by atoms with Gasteiger partial charge >= 0.3 is 5.97 Å². The molecular formula is C16H29N3O4. The third kappa shape index (κ3) is 7.45. The van der Waals surface area contributed by atoms with E-state index in [1.807, 2.05) is 13.8 Å². The van der Waals surface area contributed by atoms with E-state index in [9.17, 15) is 14.4 Å². The molecule has 0 bridgehead atoms. The predicted molar refractivity (Wildman–Crippen MR) is 86.7 cm³/mol. The second-order valence-electron chi connectivity index (χ2n) is 6.26. The quantitative estimate of drug-likeness (QED) is 0.469. The third-order valence-corrected chi connectivity index (χ3v) is 3.58. The van der Waals surface area contributed by atoms with Crippen molar-refractivity contribution in [3.63, 3.8) is 0 Å². The van der Waals surface area contributed by atoms with Crippen LogP contribution in [0.4, 0.5) is 0 Å². The van der Waals surface area contributed by atoms with E-state index in [0.29, 0.717) is 26.2 Å². The van der Waals surface area contributed by atoms with Gasteiger partial charge in [-0.2, -0.15) is 0 Å². The normalized spacial score (nSPS) is 18.6. The molecule has 1 unspecified atom stereocenters. The third-order valence-electron chi connectivity index (χ3n) is 3.58. The van der Waals surface area contributed by atoms with Crippen LogP contribution in [0, 0.1) is 5.92 Å². The molecule has 7 heteroatoms. The van der Waals surface area contributed by atoms with Gasteiger partial charge in [0.25, 0.3) is 0 Å². The minimum Gasteiger partial charge on any atom is -0.465 e. The highest BCUT2D eigenvalue weighted by Gasteiger charge is 2.33. The number of unbranched alkanes of at least 4 members (excludes halogenated alkanes) is 1. The van der Waals surface area contributed by atoms with Crippen molar-refractivity contribution in [1.29, 1.82) is 0 Å². The lowest BCUT2D eigenvalue weighted by molar-refractivity contribution is -0.150. The van der Waals surface area contributed by atoms with Crippen molar-refractivity contribution in [2.45, 2.75) is 46.1 Å². The van der Waals surface area contributed by atoms with Gasteiger partial charge in [-0.25, -0.2) is 0 Å². The first-order chi connectivity index (χ1) is 10.9. The van der Waals surface area contributed by atoms with Gasteiger partial charge in [0.2, 0.25) is 11.8 Å². The SMILES string of the molecule is CCCCNC(=O)CN1CCNC(=O)C1CC(=O)OCC(C)C. The highest BCUT2D eigenvalue weighted by atomic mass is 16.5. The van der Waals surface area contributed by atoms with E-state index in [2.05, 4.69) is 17.6 Å². The van der Waals surface area contributed by atoms with E-state index < -0.39 is 12.0 Å². The van der Waals surface area contributed by atoms with Crippen LogP contribution in [-0.4, -0.2) is 61.5 Å². The van der Waals surface area contributed by atoms with Crippen molar-refractivity contribution in [1.82, 2.24) is 15.5 Å². The van der Waals surface area contributed by atoms with Crippen molar-refractivity contribution in [2.24, 2.45) is 5.92 Å². The summed E-state index contributed by atoms with van der Waals surface area (Å²) >= 11 is 0. The first kappa shape index (κ1) is 19.4. The largest absolute Gasteiger partial charge is 0.465 e. The van der Waals surface area contributed by atoms with Crippen LogP contribution in [-0.2, 0) is 19.1 Å². The number of amides is 2. The van der Waals surface area contributed by atoms with Gasteiger partial charge in [-0.3, -0.25) is 19.3 Å². The molecule has 132 valence electrons. The molecule has 1 fully saturated rings. The van der Waals surface area contributed by atoms with E-state index in [4.69, 9.17) is 4.74 Å².